The lowest BCUT2D eigenvalue weighted by atomic mass is 10.1. The van der Waals surface area contributed by atoms with Crippen molar-refractivity contribution >= 4 is 0 Å². The van der Waals surface area contributed by atoms with E-state index in [-0.39, 0.29) is 6.61 Å². The summed E-state index contributed by atoms with van der Waals surface area (Å²) in [6.07, 6.45) is 0. The molecule has 1 heterocycles. The van der Waals surface area contributed by atoms with Gasteiger partial charge in [-0.3, -0.25) is 0 Å². The SMILES string of the molecule is COc1ccc(-c2nnc(COc3ccccc3-c3ccccc3)o2)cc1. The second kappa shape index (κ2) is 7.74. The van der Waals surface area contributed by atoms with Gasteiger partial charge in [0.1, 0.15) is 11.5 Å². The topological polar surface area (TPSA) is 57.4 Å². The largest absolute Gasteiger partial charge is 0.497 e. The standard InChI is InChI=1S/C22H18N2O3/c1-25-18-13-11-17(12-14-18)22-24-23-21(27-22)15-26-20-10-6-5-9-19(20)16-7-3-2-4-8-16/h2-14H,15H2,1H3. The van der Waals surface area contributed by atoms with Gasteiger partial charge in [0, 0.05) is 11.1 Å². The third-order valence-corrected chi connectivity index (χ3v) is 4.13. The van der Waals surface area contributed by atoms with Crippen molar-refractivity contribution in [3.8, 4) is 34.1 Å². The number of ether oxygens (including phenoxy) is 2. The Morgan fingerprint density at radius 2 is 1.52 bits per heavy atom. The van der Waals surface area contributed by atoms with Crippen LogP contribution in [0.25, 0.3) is 22.6 Å². The highest BCUT2D eigenvalue weighted by atomic mass is 16.5. The fourth-order valence-electron chi connectivity index (χ4n) is 2.75. The minimum Gasteiger partial charge on any atom is -0.497 e. The molecule has 0 unspecified atom stereocenters. The van der Waals surface area contributed by atoms with Crippen molar-refractivity contribution in [1.29, 1.82) is 0 Å². The van der Waals surface area contributed by atoms with Crippen LogP contribution in [-0.2, 0) is 6.61 Å². The molecule has 5 nitrogen and oxygen atoms in total. The van der Waals surface area contributed by atoms with E-state index in [9.17, 15) is 0 Å². The summed E-state index contributed by atoms with van der Waals surface area (Å²) in [6, 6.07) is 25.5. The molecule has 1 aromatic heterocycles. The maximum absolute atomic E-state index is 5.95. The molecule has 0 aliphatic rings. The van der Waals surface area contributed by atoms with Crippen LogP contribution in [0.1, 0.15) is 5.89 Å². The molecular formula is C22H18N2O3. The summed E-state index contributed by atoms with van der Waals surface area (Å²) in [5, 5.41) is 8.18. The Bertz CT molecular complexity index is 1010. The highest BCUT2D eigenvalue weighted by Crippen LogP contribution is 2.30. The van der Waals surface area contributed by atoms with Crippen LogP contribution in [0.5, 0.6) is 11.5 Å². The molecule has 0 bridgehead atoms. The van der Waals surface area contributed by atoms with Crippen LogP contribution in [0.4, 0.5) is 0 Å². The second-order valence-electron chi connectivity index (χ2n) is 5.88. The molecule has 0 saturated carbocycles. The highest BCUT2D eigenvalue weighted by Gasteiger charge is 2.11. The molecule has 5 heteroatoms. The predicted octanol–water partition coefficient (Wildman–Crippen LogP) is 4.99. The molecule has 134 valence electrons. The third-order valence-electron chi connectivity index (χ3n) is 4.13. The summed E-state index contributed by atoms with van der Waals surface area (Å²) in [6.45, 7) is 0.201. The normalized spacial score (nSPS) is 10.6. The van der Waals surface area contributed by atoms with Crippen LogP contribution in [0, 0.1) is 0 Å². The van der Waals surface area contributed by atoms with E-state index in [1.54, 1.807) is 7.11 Å². The molecule has 0 N–H and O–H groups in total. The van der Waals surface area contributed by atoms with E-state index < -0.39 is 0 Å². The summed E-state index contributed by atoms with van der Waals surface area (Å²) in [5.74, 6) is 2.42. The number of methoxy groups -OCH3 is 1. The molecule has 0 fully saturated rings. The van der Waals surface area contributed by atoms with Gasteiger partial charge in [0.2, 0.25) is 5.89 Å². The highest BCUT2D eigenvalue weighted by molar-refractivity contribution is 5.70. The monoisotopic (exact) mass is 358 g/mol. The van der Waals surface area contributed by atoms with Gasteiger partial charge in [-0.2, -0.15) is 0 Å². The molecule has 0 spiro atoms. The molecular weight excluding hydrogens is 340 g/mol. The Morgan fingerprint density at radius 3 is 2.30 bits per heavy atom. The molecule has 0 atom stereocenters. The Morgan fingerprint density at radius 1 is 0.778 bits per heavy atom. The van der Waals surface area contributed by atoms with E-state index in [0.717, 1.165) is 28.2 Å². The van der Waals surface area contributed by atoms with E-state index >= 15 is 0 Å². The Balaban J connectivity index is 1.49. The van der Waals surface area contributed by atoms with Gasteiger partial charge in [-0.05, 0) is 35.9 Å². The Kier molecular flexibility index (Phi) is 4.83. The van der Waals surface area contributed by atoms with E-state index in [1.807, 2.05) is 66.7 Å². The van der Waals surface area contributed by atoms with Gasteiger partial charge in [-0.25, -0.2) is 0 Å². The van der Waals surface area contributed by atoms with Gasteiger partial charge < -0.3 is 13.9 Å². The number of hydrogen-bond donors (Lipinski definition) is 0. The third kappa shape index (κ3) is 3.82. The van der Waals surface area contributed by atoms with Crippen LogP contribution in [0.2, 0.25) is 0 Å². The number of benzene rings is 3. The summed E-state index contributed by atoms with van der Waals surface area (Å²) >= 11 is 0. The van der Waals surface area contributed by atoms with Gasteiger partial charge in [-0.1, -0.05) is 48.5 Å². The zero-order valence-corrected chi connectivity index (χ0v) is 14.8. The minimum absolute atomic E-state index is 0.201. The van der Waals surface area contributed by atoms with Crippen LogP contribution in [-0.4, -0.2) is 17.3 Å². The average Bonchev–Trinajstić information content (AvgIpc) is 3.22. The average molecular weight is 358 g/mol. The second-order valence-corrected chi connectivity index (χ2v) is 5.88. The maximum Gasteiger partial charge on any atom is 0.254 e. The van der Waals surface area contributed by atoms with Crippen molar-refractivity contribution in [3.63, 3.8) is 0 Å². The zero-order chi connectivity index (χ0) is 18.5. The molecule has 0 radical (unpaired) electrons. The number of hydrogen-bond acceptors (Lipinski definition) is 5. The molecule has 0 aliphatic heterocycles. The quantitative estimate of drug-likeness (QED) is 0.486. The van der Waals surface area contributed by atoms with Crippen molar-refractivity contribution in [2.75, 3.05) is 7.11 Å². The smallest absolute Gasteiger partial charge is 0.254 e. The summed E-state index contributed by atoms with van der Waals surface area (Å²) in [7, 11) is 1.63. The number of para-hydroxylation sites is 1. The number of nitrogens with zero attached hydrogens (tertiary/aromatic N) is 2. The molecule has 0 aliphatic carbocycles. The maximum atomic E-state index is 5.95. The minimum atomic E-state index is 0.201. The van der Waals surface area contributed by atoms with E-state index in [1.165, 1.54) is 0 Å². The first-order chi connectivity index (χ1) is 13.3. The van der Waals surface area contributed by atoms with E-state index in [2.05, 4.69) is 22.3 Å². The summed E-state index contributed by atoms with van der Waals surface area (Å²) in [5.41, 5.74) is 2.95. The lowest BCUT2D eigenvalue weighted by Crippen LogP contribution is -1.97. The van der Waals surface area contributed by atoms with Gasteiger partial charge >= 0.3 is 0 Å². The van der Waals surface area contributed by atoms with Crippen molar-refractivity contribution in [2.45, 2.75) is 6.61 Å². The van der Waals surface area contributed by atoms with Gasteiger partial charge in [-0.15, -0.1) is 10.2 Å². The fourth-order valence-corrected chi connectivity index (χ4v) is 2.75. The lowest BCUT2D eigenvalue weighted by molar-refractivity contribution is 0.265. The van der Waals surface area contributed by atoms with Crippen LogP contribution in [0.15, 0.2) is 83.3 Å². The number of rotatable bonds is 6. The zero-order valence-electron chi connectivity index (χ0n) is 14.8. The van der Waals surface area contributed by atoms with E-state index in [0.29, 0.717) is 11.8 Å². The van der Waals surface area contributed by atoms with Crippen LogP contribution < -0.4 is 9.47 Å². The first-order valence-electron chi connectivity index (χ1n) is 8.57. The van der Waals surface area contributed by atoms with Crippen LogP contribution in [0.3, 0.4) is 0 Å². The van der Waals surface area contributed by atoms with Crippen molar-refractivity contribution in [3.05, 3.63) is 84.8 Å². The van der Waals surface area contributed by atoms with Crippen molar-refractivity contribution in [2.24, 2.45) is 0 Å². The first-order valence-corrected chi connectivity index (χ1v) is 8.57. The Labute approximate surface area is 157 Å². The van der Waals surface area contributed by atoms with Crippen molar-refractivity contribution < 1.29 is 13.9 Å². The van der Waals surface area contributed by atoms with Crippen molar-refractivity contribution in [1.82, 2.24) is 10.2 Å². The summed E-state index contributed by atoms with van der Waals surface area (Å²) < 4.78 is 16.8. The van der Waals surface area contributed by atoms with Gasteiger partial charge in [0.15, 0.2) is 6.61 Å². The predicted molar refractivity (Wildman–Crippen MR) is 102 cm³/mol. The number of aromatic nitrogens is 2. The van der Waals surface area contributed by atoms with Gasteiger partial charge in [0.25, 0.3) is 5.89 Å². The summed E-state index contributed by atoms with van der Waals surface area (Å²) in [4.78, 5) is 0. The Hall–Kier alpha value is -3.60. The molecule has 27 heavy (non-hydrogen) atoms. The van der Waals surface area contributed by atoms with Crippen LogP contribution >= 0.6 is 0 Å². The molecule has 0 saturated heterocycles. The molecule has 3 aromatic carbocycles. The lowest BCUT2D eigenvalue weighted by Gasteiger charge is -2.10. The first kappa shape index (κ1) is 16.8. The molecule has 4 rings (SSSR count). The molecule has 0 amide bonds. The van der Waals surface area contributed by atoms with Gasteiger partial charge in [0.05, 0.1) is 7.11 Å². The van der Waals surface area contributed by atoms with E-state index in [4.69, 9.17) is 13.9 Å². The fraction of sp³-hybridized carbons (Fsp3) is 0.0909. The molecule has 4 aromatic rings.